The number of hydrogen-bond donors (Lipinski definition) is 1. The number of carbonyl (C=O) groups excluding carboxylic acids is 2. The Balaban J connectivity index is 1.50. The zero-order valence-electron chi connectivity index (χ0n) is 16.8. The van der Waals surface area contributed by atoms with Gasteiger partial charge in [0.05, 0.1) is 5.69 Å². The number of nitrogens with zero attached hydrogens (tertiary/aromatic N) is 2. The topological polar surface area (TPSA) is 61.9 Å². The van der Waals surface area contributed by atoms with Crippen LogP contribution in [-0.4, -0.2) is 49.5 Å². The Morgan fingerprint density at radius 3 is 2.66 bits per heavy atom. The molecule has 2 aromatic carbocycles. The number of hydrogen-bond acceptors (Lipinski definition) is 4. The Morgan fingerprint density at radius 2 is 1.86 bits per heavy atom. The second kappa shape index (κ2) is 8.66. The van der Waals surface area contributed by atoms with Crippen molar-refractivity contribution in [2.24, 2.45) is 0 Å². The number of carbonyl (C=O) groups is 2. The van der Waals surface area contributed by atoms with Crippen molar-refractivity contribution in [2.45, 2.75) is 26.2 Å². The van der Waals surface area contributed by atoms with Crippen LogP contribution < -0.4 is 15.0 Å². The first-order chi connectivity index (χ1) is 14.1. The summed E-state index contributed by atoms with van der Waals surface area (Å²) in [6.07, 6.45) is 3.74. The fraction of sp³-hybridized carbons (Fsp3) is 0.391. The van der Waals surface area contributed by atoms with E-state index >= 15 is 0 Å². The maximum atomic E-state index is 12.7. The third kappa shape index (κ3) is 4.43. The predicted octanol–water partition coefficient (Wildman–Crippen LogP) is 3.46. The van der Waals surface area contributed by atoms with E-state index in [1.54, 1.807) is 11.0 Å². The van der Waals surface area contributed by atoms with Crippen LogP contribution in [0.25, 0.3) is 0 Å². The highest BCUT2D eigenvalue weighted by molar-refractivity contribution is 6.06. The largest absolute Gasteiger partial charge is 0.482 e. The zero-order chi connectivity index (χ0) is 20.2. The van der Waals surface area contributed by atoms with Crippen LogP contribution in [0.5, 0.6) is 5.75 Å². The smallest absolute Gasteiger partial charge is 0.265 e. The van der Waals surface area contributed by atoms with Crippen molar-refractivity contribution in [3.8, 4) is 5.75 Å². The number of nitrogens with one attached hydrogen (secondary N) is 1. The number of amides is 2. The standard InChI is InChI=1S/C23H27N3O3/c1-17-7-3-4-8-19(17)23(28)24-18-9-10-21-20(15-18)26(22(27)16-29-21)14-13-25-11-5-2-6-12-25/h3-4,7-10,15H,2,5-6,11-14,16H2,1H3,(H,24,28). The molecule has 0 bridgehead atoms. The summed E-state index contributed by atoms with van der Waals surface area (Å²) >= 11 is 0. The van der Waals surface area contributed by atoms with Crippen LogP contribution in [0.4, 0.5) is 11.4 Å². The van der Waals surface area contributed by atoms with Gasteiger partial charge in [-0.15, -0.1) is 0 Å². The number of aryl methyl sites for hydroxylation is 1. The maximum Gasteiger partial charge on any atom is 0.265 e. The molecule has 0 atom stereocenters. The van der Waals surface area contributed by atoms with Gasteiger partial charge in [-0.3, -0.25) is 9.59 Å². The average molecular weight is 393 g/mol. The SMILES string of the molecule is Cc1ccccc1C(=O)Nc1ccc2c(c1)N(CCN1CCCCC1)C(=O)CO2. The van der Waals surface area contributed by atoms with Crippen molar-refractivity contribution in [3.63, 3.8) is 0 Å². The molecule has 29 heavy (non-hydrogen) atoms. The molecule has 1 fully saturated rings. The molecule has 1 N–H and O–H groups in total. The highest BCUT2D eigenvalue weighted by Crippen LogP contribution is 2.34. The van der Waals surface area contributed by atoms with Crippen LogP contribution in [0.2, 0.25) is 0 Å². The number of rotatable bonds is 5. The van der Waals surface area contributed by atoms with E-state index < -0.39 is 0 Å². The first-order valence-corrected chi connectivity index (χ1v) is 10.3. The minimum Gasteiger partial charge on any atom is -0.482 e. The fourth-order valence-corrected chi connectivity index (χ4v) is 3.98. The van der Waals surface area contributed by atoms with E-state index in [2.05, 4.69) is 10.2 Å². The normalized spacial score (nSPS) is 16.9. The highest BCUT2D eigenvalue weighted by atomic mass is 16.5. The van der Waals surface area contributed by atoms with Crippen LogP contribution in [0.1, 0.15) is 35.2 Å². The summed E-state index contributed by atoms with van der Waals surface area (Å²) in [6, 6.07) is 12.9. The van der Waals surface area contributed by atoms with Gasteiger partial charge in [0.25, 0.3) is 11.8 Å². The maximum absolute atomic E-state index is 12.7. The van der Waals surface area contributed by atoms with Crippen LogP contribution >= 0.6 is 0 Å². The van der Waals surface area contributed by atoms with E-state index in [0.717, 1.165) is 30.9 Å². The number of piperidine rings is 1. The molecular formula is C23H27N3O3. The molecule has 0 saturated carbocycles. The summed E-state index contributed by atoms with van der Waals surface area (Å²) in [7, 11) is 0. The van der Waals surface area contributed by atoms with Crippen LogP contribution in [-0.2, 0) is 4.79 Å². The van der Waals surface area contributed by atoms with Crippen LogP contribution in [0, 0.1) is 6.92 Å². The monoisotopic (exact) mass is 393 g/mol. The van der Waals surface area contributed by atoms with Crippen molar-refractivity contribution in [1.29, 1.82) is 0 Å². The van der Waals surface area contributed by atoms with E-state index in [-0.39, 0.29) is 18.4 Å². The number of likely N-dealkylation sites (tertiary alicyclic amines) is 1. The van der Waals surface area contributed by atoms with Crippen LogP contribution in [0.15, 0.2) is 42.5 Å². The van der Waals surface area contributed by atoms with Gasteiger partial charge in [-0.25, -0.2) is 0 Å². The molecule has 0 aromatic heterocycles. The summed E-state index contributed by atoms with van der Waals surface area (Å²) in [4.78, 5) is 29.4. The van der Waals surface area contributed by atoms with Gasteiger partial charge in [-0.2, -0.15) is 0 Å². The first-order valence-electron chi connectivity index (χ1n) is 10.3. The number of anilines is 2. The lowest BCUT2D eigenvalue weighted by Crippen LogP contribution is -2.44. The molecule has 1 saturated heterocycles. The van der Waals surface area contributed by atoms with Gasteiger partial charge in [-0.1, -0.05) is 24.6 Å². The lowest BCUT2D eigenvalue weighted by atomic mass is 10.1. The molecule has 6 nitrogen and oxygen atoms in total. The Labute approximate surface area is 171 Å². The number of benzene rings is 2. The zero-order valence-corrected chi connectivity index (χ0v) is 16.8. The quantitative estimate of drug-likeness (QED) is 0.845. The molecule has 0 radical (unpaired) electrons. The van der Waals surface area contributed by atoms with E-state index in [1.165, 1.54) is 19.3 Å². The molecule has 6 heteroatoms. The van der Waals surface area contributed by atoms with Gasteiger partial charge in [-0.05, 0) is 62.7 Å². The highest BCUT2D eigenvalue weighted by Gasteiger charge is 2.26. The Bertz CT molecular complexity index is 906. The summed E-state index contributed by atoms with van der Waals surface area (Å²) in [5.74, 6) is 0.472. The van der Waals surface area contributed by atoms with Crippen molar-refractivity contribution >= 4 is 23.2 Å². The molecule has 2 amide bonds. The minimum absolute atomic E-state index is 0.0445. The van der Waals surface area contributed by atoms with Crippen molar-refractivity contribution in [2.75, 3.05) is 43.0 Å². The molecule has 0 spiro atoms. The molecule has 0 unspecified atom stereocenters. The summed E-state index contributed by atoms with van der Waals surface area (Å²) in [5.41, 5.74) is 2.93. The first kappa shape index (κ1) is 19.5. The Hall–Kier alpha value is -2.86. The van der Waals surface area contributed by atoms with Gasteiger partial charge in [0.1, 0.15) is 5.75 Å². The number of ether oxygens (including phenoxy) is 1. The third-order valence-corrected chi connectivity index (χ3v) is 5.64. The van der Waals surface area contributed by atoms with E-state index in [1.807, 2.05) is 43.3 Å². The second-order valence-corrected chi connectivity index (χ2v) is 7.69. The van der Waals surface area contributed by atoms with Gasteiger partial charge in [0, 0.05) is 24.3 Å². The van der Waals surface area contributed by atoms with Crippen molar-refractivity contribution < 1.29 is 14.3 Å². The lowest BCUT2D eigenvalue weighted by Gasteiger charge is -2.33. The molecule has 2 aliphatic heterocycles. The second-order valence-electron chi connectivity index (χ2n) is 7.69. The van der Waals surface area contributed by atoms with Crippen molar-refractivity contribution in [3.05, 3.63) is 53.6 Å². The minimum atomic E-state index is -0.161. The van der Waals surface area contributed by atoms with Crippen LogP contribution in [0.3, 0.4) is 0 Å². The third-order valence-electron chi connectivity index (χ3n) is 5.64. The lowest BCUT2D eigenvalue weighted by molar-refractivity contribution is -0.121. The Morgan fingerprint density at radius 1 is 1.07 bits per heavy atom. The summed E-state index contributed by atoms with van der Waals surface area (Å²) < 4.78 is 5.60. The van der Waals surface area contributed by atoms with Gasteiger partial charge in [0.15, 0.2) is 6.61 Å². The number of fused-ring (bicyclic) bond motifs is 1. The van der Waals surface area contributed by atoms with Crippen molar-refractivity contribution in [1.82, 2.24) is 4.90 Å². The molecular weight excluding hydrogens is 366 g/mol. The van der Waals surface area contributed by atoms with Gasteiger partial charge >= 0.3 is 0 Å². The van der Waals surface area contributed by atoms with E-state index in [9.17, 15) is 9.59 Å². The van der Waals surface area contributed by atoms with E-state index in [0.29, 0.717) is 23.5 Å². The summed E-state index contributed by atoms with van der Waals surface area (Å²) in [6.45, 7) is 5.64. The molecule has 0 aliphatic carbocycles. The molecule has 152 valence electrons. The molecule has 4 rings (SSSR count). The molecule has 2 heterocycles. The van der Waals surface area contributed by atoms with E-state index in [4.69, 9.17) is 4.74 Å². The van der Waals surface area contributed by atoms with Gasteiger partial charge in [0.2, 0.25) is 0 Å². The fourth-order valence-electron chi connectivity index (χ4n) is 3.98. The Kier molecular flexibility index (Phi) is 5.81. The average Bonchev–Trinajstić information content (AvgIpc) is 2.74. The molecule has 2 aromatic rings. The molecule has 2 aliphatic rings. The predicted molar refractivity (Wildman–Crippen MR) is 114 cm³/mol. The summed E-state index contributed by atoms with van der Waals surface area (Å²) in [5, 5.41) is 2.95. The van der Waals surface area contributed by atoms with Gasteiger partial charge < -0.3 is 19.9 Å².